The molecule has 4 N–H and O–H groups in total. The number of likely N-dealkylation sites (N-methyl/N-ethyl adjacent to an activating group) is 1. The normalized spacial score (nSPS) is 18.4. The maximum absolute atomic E-state index is 13.3. The lowest BCUT2D eigenvalue weighted by atomic mass is 9.95. The second-order valence-electron chi connectivity index (χ2n) is 11.5. The van der Waals surface area contributed by atoms with Crippen LogP contribution in [-0.4, -0.2) is 95.1 Å². The minimum atomic E-state index is -0.630. The number of hydrogen-bond donors (Lipinski definition) is 2. The van der Waals surface area contributed by atoms with Crippen LogP contribution in [0.3, 0.4) is 0 Å². The lowest BCUT2D eigenvalue weighted by Gasteiger charge is -2.33. The number of benzene rings is 1. The van der Waals surface area contributed by atoms with Crippen LogP contribution in [0.25, 0.3) is 0 Å². The van der Waals surface area contributed by atoms with Crippen LogP contribution in [0.1, 0.15) is 55.4 Å². The highest BCUT2D eigenvalue weighted by molar-refractivity contribution is 6.06. The Bertz CT molecular complexity index is 1310. The Balaban J connectivity index is 1.54. The van der Waals surface area contributed by atoms with Gasteiger partial charge in [0.2, 0.25) is 0 Å². The number of ether oxygens (including phenoxy) is 2. The fourth-order valence-electron chi connectivity index (χ4n) is 5.15. The zero-order chi connectivity index (χ0) is 30.6. The van der Waals surface area contributed by atoms with Crippen LogP contribution in [0.5, 0.6) is 5.75 Å². The predicted molar refractivity (Wildman–Crippen MR) is 157 cm³/mol. The molecular weight excluding hydrogens is 540 g/mol. The van der Waals surface area contributed by atoms with Crippen LogP contribution in [-0.2, 0) is 23.2 Å². The average molecular weight is 584 g/mol. The van der Waals surface area contributed by atoms with Gasteiger partial charge in [0.1, 0.15) is 35.5 Å². The Morgan fingerprint density at radius 3 is 2.62 bits per heavy atom. The number of urea groups is 1. The van der Waals surface area contributed by atoms with Crippen molar-refractivity contribution in [2.24, 2.45) is 12.0 Å². The molecule has 3 heterocycles. The number of hydrogen-bond acceptors (Lipinski definition) is 8. The van der Waals surface area contributed by atoms with Crippen molar-refractivity contribution in [2.75, 3.05) is 46.9 Å². The molecule has 13 heteroatoms. The van der Waals surface area contributed by atoms with E-state index in [1.54, 1.807) is 26.8 Å². The zero-order valence-corrected chi connectivity index (χ0v) is 25.4. The lowest BCUT2D eigenvalue weighted by Crippen LogP contribution is -2.52. The molecule has 3 amide bonds. The molecule has 0 spiro atoms. The topological polar surface area (TPSA) is 141 Å². The first-order valence-corrected chi connectivity index (χ1v) is 14.0. The Hall–Kier alpha value is -3.94. The fraction of sp³-hybridized carbons (Fsp3) is 0.517. The average Bonchev–Trinajstić information content (AvgIpc) is 3.39. The van der Waals surface area contributed by atoms with Gasteiger partial charge in [-0.05, 0) is 59.1 Å². The number of rotatable bonds is 11. The van der Waals surface area contributed by atoms with Gasteiger partial charge in [0.15, 0.2) is 0 Å². The SMILES string of the molecule is C=CCON1C(=O)N2CC1c1c(COc3ccc(C(=NCC[NH3+])NC(=O)OC(C)(C)C)cc3)nn(C)c1C2CN(C)C. The van der Waals surface area contributed by atoms with E-state index in [4.69, 9.17) is 19.4 Å². The van der Waals surface area contributed by atoms with Gasteiger partial charge >= 0.3 is 12.1 Å². The number of nitrogens with zero attached hydrogens (tertiary/aromatic N) is 6. The summed E-state index contributed by atoms with van der Waals surface area (Å²) < 4.78 is 13.4. The van der Waals surface area contributed by atoms with Crippen molar-refractivity contribution in [3.05, 3.63) is 59.4 Å². The Labute approximate surface area is 246 Å². The van der Waals surface area contributed by atoms with Crippen LogP contribution < -0.4 is 15.8 Å². The van der Waals surface area contributed by atoms with Gasteiger partial charge in [-0.3, -0.25) is 19.8 Å². The molecule has 2 aromatic rings. The standard InChI is InChI=1S/C29H42N8O5/c1-8-15-41-37-22-17-36(28(37)39)23(16-34(5)6)25-24(22)21(33-35(25)7)18-40-20-11-9-19(10-12-20)26(31-14-13-30)32-27(38)42-29(2,3)4/h8-12,22-23H,1,13-18,30H2,2-7H3,(H,31,32,38)/p+1. The summed E-state index contributed by atoms with van der Waals surface area (Å²) in [5.74, 6) is 1.02. The highest BCUT2D eigenvalue weighted by Gasteiger charge is 2.51. The number of amides is 3. The quantitative estimate of drug-likeness (QED) is 0.234. The van der Waals surface area contributed by atoms with E-state index in [2.05, 4.69) is 27.5 Å². The molecule has 1 aromatic heterocycles. The summed E-state index contributed by atoms with van der Waals surface area (Å²) in [6.45, 7) is 11.8. The van der Waals surface area contributed by atoms with Gasteiger partial charge < -0.3 is 25.0 Å². The van der Waals surface area contributed by atoms with E-state index in [9.17, 15) is 9.59 Å². The number of aliphatic imine (C=N–C) groups is 1. The number of fused-ring (bicyclic) bond motifs is 4. The molecular formula is C29H43N8O5+. The minimum absolute atomic E-state index is 0.163. The summed E-state index contributed by atoms with van der Waals surface area (Å²) in [6.07, 6.45) is 1.05. The molecule has 2 bridgehead atoms. The molecule has 1 saturated heterocycles. The second kappa shape index (κ2) is 12.9. The number of quaternary nitrogens is 1. The molecule has 0 aliphatic carbocycles. The monoisotopic (exact) mass is 583 g/mol. The summed E-state index contributed by atoms with van der Waals surface area (Å²) in [7, 11) is 5.87. The highest BCUT2D eigenvalue weighted by atomic mass is 16.7. The van der Waals surface area contributed by atoms with E-state index < -0.39 is 11.7 Å². The number of carbonyl (C=O) groups is 2. The summed E-state index contributed by atoms with van der Waals surface area (Å²) in [5.41, 5.74) is 6.59. The molecule has 13 nitrogen and oxygen atoms in total. The van der Waals surface area contributed by atoms with E-state index >= 15 is 0 Å². The molecule has 0 radical (unpaired) electrons. The first-order valence-electron chi connectivity index (χ1n) is 14.0. The van der Waals surface area contributed by atoms with Crippen molar-refractivity contribution in [3.63, 3.8) is 0 Å². The molecule has 2 unspecified atom stereocenters. The van der Waals surface area contributed by atoms with Crippen LogP contribution in [0.2, 0.25) is 0 Å². The van der Waals surface area contributed by atoms with E-state index in [-0.39, 0.29) is 31.3 Å². The summed E-state index contributed by atoms with van der Waals surface area (Å²) in [6, 6.07) is 6.65. The zero-order valence-electron chi connectivity index (χ0n) is 25.4. The molecule has 2 atom stereocenters. The number of nitrogens with one attached hydrogen (secondary N) is 1. The predicted octanol–water partition coefficient (Wildman–Crippen LogP) is 2.02. The molecule has 2 aliphatic heterocycles. The molecule has 2 aliphatic rings. The number of hydroxylamine groups is 2. The van der Waals surface area contributed by atoms with Gasteiger partial charge in [0.05, 0.1) is 38.0 Å². The highest BCUT2D eigenvalue weighted by Crippen LogP contribution is 2.45. The van der Waals surface area contributed by atoms with E-state index in [1.165, 1.54) is 5.06 Å². The lowest BCUT2D eigenvalue weighted by molar-refractivity contribution is -0.363. The van der Waals surface area contributed by atoms with Crippen LogP contribution in [0, 0.1) is 0 Å². The number of amidine groups is 1. The number of aromatic nitrogens is 2. The van der Waals surface area contributed by atoms with Crippen LogP contribution >= 0.6 is 0 Å². The maximum atomic E-state index is 13.3. The molecule has 1 fully saturated rings. The van der Waals surface area contributed by atoms with E-state index in [0.717, 1.165) is 17.0 Å². The third kappa shape index (κ3) is 6.92. The molecule has 0 saturated carbocycles. The third-order valence-electron chi connectivity index (χ3n) is 6.74. The van der Waals surface area contributed by atoms with Crippen molar-refractivity contribution in [1.29, 1.82) is 0 Å². The van der Waals surface area contributed by atoms with Crippen LogP contribution in [0.4, 0.5) is 9.59 Å². The molecule has 1 aromatic carbocycles. The van der Waals surface area contributed by atoms with Crippen molar-refractivity contribution in [2.45, 2.75) is 45.1 Å². The third-order valence-corrected chi connectivity index (χ3v) is 6.74. The van der Waals surface area contributed by atoms with Gasteiger partial charge in [-0.15, -0.1) is 6.58 Å². The molecule has 228 valence electrons. The molecule has 4 rings (SSSR count). The van der Waals surface area contributed by atoms with E-state index in [0.29, 0.717) is 43.3 Å². The number of carbonyl (C=O) groups excluding carboxylic acids is 2. The Morgan fingerprint density at radius 1 is 1.29 bits per heavy atom. The summed E-state index contributed by atoms with van der Waals surface area (Å²) in [4.78, 5) is 39.9. The van der Waals surface area contributed by atoms with Crippen molar-refractivity contribution >= 4 is 18.0 Å². The van der Waals surface area contributed by atoms with Gasteiger partial charge in [0, 0.05) is 24.7 Å². The molecule has 42 heavy (non-hydrogen) atoms. The van der Waals surface area contributed by atoms with Crippen molar-refractivity contribution in [3.8, 4) is 5.75 Å². The van der Waals surface area contributed by atoms with Gasteiger partial charge in [-0.1, -0.05) is 6.08 Å². The maximum Gasteiger partial charge on any atom is 0.413 e. The summed E-state index contributed by atoms with van der Waals surface area (Å²) >= 11 is 0. The van der Waals surface area contributed by atoms with Gasteiger partial charge in [-0.2, -0.15) is 10.2 Å². The number of alkyl carbamates (subject to hydrolysis) is 1. The van der Waals surface area contributed by atoms with E-state index in [1.807, 2.05) is 55.0 Å². The second-order valence-corrected chi connectivity index (χ2v) is 11.5. The first-order chi connectivity index (χ1) is 19.9. The Morgan fingerprint density at radius 2 is 2.00 bits per heavy atom. The largest absolute Gasteiger partial charge is 0.487 e. The summed E-state index contributed by atoms with van der Waals surface area (Å²) in [5, 5.41) is 9.00. The minimum Gasteiger partial charge on any atom is -0.487 e. The number of aryl methyl sites for hydroxylation is 1. The van der Waals surface area contributed by atoms with Crippen molar-refractivity contribution in [1.82, 2.24) is 30.0 Å². The van der Waals surface area contributed by atoms with Crippen LogP contribution in [0.15, 0.2) is 41.9 Å². The smallest absolute Gasteiger partial charge is 0.413 e. The van der Waals surface area contributed by atoms with Gasteiger partial charge in [-0.25, -0.2) is 9.59 Å². The Kier molecular flexibility index (Phi) is 9.54. The van der Waals surface area contributed by atoms with Crippen molar-refractivity contribution < 1.29 is 29.6 Å². The first kappa shape index (κ1) is 31.0. The van der Waals surface area contributed by atoms with Gasteiger partial charge in [0.25, 0.3) is 0 Å². The fourth-order valence-corrected chi connectivity index (χ4v) is 5.15.